The lowest BCUT2D eigenvalue weighted by atomic mass is 10.1. The van der Waals surface area contributed by atoms with Gasteiger partial charge in [-0.3, -0.25) is 4.79 Å². The number of rotatable bonds is 2. The van der Waals surface area contributed by atoms with Gasteiger partial charge in [0.25, 0.3) is 5.91 Å². The van der Waals surface area contributed by atoms with Crippen LogP contribution in [0.25, 0.3) is 0 Å². The van der Waals surface area contributed by atoms with Crippen LogP contribution in [-0.4, -0.2) is 5.91 Å². The summed E-state index contributed by atoms with van der Waals surface area (Å²) in [4.78, 5) is 11.8. The van der Waals surface area contributed by atoms with Gasteiger partial charge in [-0.2, -0.15) is 11.3 Å². The lowest BCUT2D eigenvalue weighted by Gasteiger charge is -2.05. The summed E-state index contributed by atoms with van der Waals surface area (Å²) < 4.78 is 0. The van der Waals surface area contributed by atoms with E-state index in [0.717, 1.165) is 11.3 Å². The van der Waals surface area contributed by atoms with E-state index >= 15 is 0 Å². The first-order valence-corrected chi connectivity index (χ1v) is 5.81. The smallest absolute Gasteiger partial charge is 0.255 e. The van der Waals surface area contributed by atoms with Crippen LogP contribution in [0.1, 0.15) is 15.9 Å². The predicted molar refractivity (Wildman–Crippen MR) is 67.9 cm³/mol. The molecule has 0 saturated carbocycles. The second-order valence-corrected chi connectivity index (χ2v) is 4.32. The highest BCUT2D eigenvalue weighted by Crippen LogP contribution is 2.16. The second-order valence-electron chi connectivity index (χ2n) is 3.54. The molecule has 2 aromatic rings. The van der Waals surface area contributed by atoms with E-state index in [0.29, 0.717) is 11.3 Å². The van der Waals surface area contributed by atoms with E-state index in [1.165, 1.54) is 0 Å². The number of nitrogens with one attached hydrogen (secondary N) is 1. The molecule has 2 rings (SSSR count). The molecule has 1 aromatic carbocycles. The van der Waals surface area contributed by atoms with Crippen molar-refractivity contribution in [2.45, 2.75) is 6.92 Å². The van der Waals surface area contributed by atoms with Gasteiger partial charge in [0.15, 0.2) is 0 Å². The summed E-state index contributed by atoms with van der Waals surface area (Å²) in [5.41, 5.74) is 8.76. The summed E-state index contributed by atoms with van der Waals surface area (Å²) in [6.45, 7) is 1.91. The predicted octanol–water partition coefficient (Wildman–Crippen LogP) is 2.89. The Balaban J connectivity index is 2.18. The largest absolute Gasteiger partial charge is 0.398 e. The van der Waals surface area contributed by atoms with Crippen molar-refractivity contribution in [2.24, 2.45) is 0 Å². The molecule has 1 heterocycles. The fourth-order valence-corrected chi connectivity index (χ4v) is 1.91. The number of hydrogen-bond donors (Lipinski definition) is 2. The molecular formula is C12H12N2OS. The summed E-state index contributed by atoms with van der Waals surface area (Å²) in [5.74, 6) is -0.134. The summed E-state index contributed by atoms with van der Waals surface area (Å²) in [6.07, 6.45) is 0. The number of aryl methyl sites for hydroxylation is 1. The highest BCUT2D eigenvalue weighted by atomic mass is 32.1. The molecule has 3 nitrogen and oxygen atoms in total. The van der Waals surface area contributed by atoms with Crippen molar-refractivity contribution in [1.82, 2.24) is 0 Å². The molecule has 0 aliphatic rings. The zero-order valence-corrected chi connectivity index (χ0v) is 9.67. The first-order chi connectivity index (χ1) is 7.66. The third-order valence-electron chi connectivity index (χ3n) is 2.32. The zero-order chi connectivity index (χ0) is 11.5. The minimum absolute atomic E-state index is 0.134. The standard InChI is InChI=1S/C12H12N2OS/c1-8-2-3-9(6-11(8)13)12(15)14-10-4-5-16-7-10/h2-7H,13H2,1H3,(H,14,15). The molecule has 0 fully saturated rings. The normalized spacial score (nSPS) is 10.1. The molecule has 0 atom stereocenters. The van der Waals surface area contributed by atoms with Gasteiger partial charge in [0.1, 0.15) is 0 Å². The van der Waals surface area contributed by atoms with Crippen LogP contribution in [0.4, 0.5) is 11.4 Å². The Hall–Kier alpha value is -1.81. The van der Waals surface area contributed by atoms with Crippen LogP contribution in [0.3, 0.4) is 0 Å². The Morgan fingerprint density at radius 2 is 2.19 bits per heavy atom. The number of hydrogen-bond acceptors (Lipinski definition) is 3. The molecular weight excluding hydrogens is 220 g/mol. The third-order valence-corrected chi connectivity index (χ3v) is 3.00. The number of amides is 1. The van der Waals surface area contributed by atoms with E-state index < -0.39 is 0 Å². The van der Waals surface area contributed by atoms with Crippen molar-refractivity contribution in [3.05, 3.63) is 46.2 Å². The van der Waals surface area contributed by atoms with Crippen LogP contribution in [0, 0.1) is 6.92 Å². The minimum atomic E-state index is -0.134. The van der Waals surface area contributed by atoms with E-state index in [1.54, 1.807) is 23.5 Å². The number of nitrogens with two attached hydrogens (primary N) is 1. The van der Waals surface area contributed by atoms with Gasteiger partial charge >= 0.3 is 0 Å². The van der Waals surface area contributed by atoms with Crippen LogP contribution in [0.15, 0.2) is 35.0 Å². The molecule has 0 aliphatic carbocycles. The third kappa shape index (κ3) is 2.23. The van der Waals surface area contributed by atoms with Gasteiger partial charge in [0.05, 0.1) is 5.69 Å². The maximum absolute atomic E-state index is 11.8. The van der Waals surface area contributed by atoms with Crippen LogP contribution < -0.4 is 11.1 Å². The van der Waals surface area contributed by atoms with Crippen LogP contribution in [-0.2, 0) is 0 Å². The molecule has 0 unspecified atom stereocenters. The van der Waals surface area contributed by atoms with Crippen LogP contribution >= 0.6 is 11.3 Å². The van der Waals surface area contributed by atoms with Gasteiger partial charge in [-0.1, -0.05) is 6.07 Å². The van der Waals surface area contributed by atoms with Gasteiger partial charge < -0.3 is 11.1 Å². The van der Waals surface area contributed by atoms with Crippen molar-refractivity contribution in [1.29, 1.82) is 0 Å². The average Bonchev–Trinajstić information content (AvgIpc) is 2.74. The van der Waals surface area contributed by atoms with Crippen molar-refractivity contribution >= 4 is 28.6 Å². The Morgan fingerprint density at radius 3 is 2.81 bits per heavy atom. The van der Waals surface area contributed by atoms with Crippen molar-refractivity contribution < 1.29 is 4.79 Å². The summed E-state index contributed by atoms with van der Waals surface area (Å²) in [7, 11) is 0. The molecule has 16 heavy (non-hydrogen) atoms. The maximum Gasteiger partial charge on any atom is 0.255 e. The van der Waals surface area contributed by atoms with E-state index in [9.17, 15) is 4.79 Å². The number of nitrogen functional groups attached to an aromatic ring is 1. The number of benzene rings is 1. The molecule has 3 N–H and O–H groups in total. The van der Waals surface area contributed by atoms with Gasteiger partial charge in [-0.25, -0.2) is 0 Å². The molecule has 1 amide bonds. The first kappa shape index (κ1) is 10.7. The van der Waals surface area contributed by atoms with Crippen molar-refractivity contribution in [3.63, 3.8) is 0 Å². The maximum atomic E-state index is 11.8. The summed E-state index contributed by atoms with van der Waals surface area (Å²) in [5, 5.41) is 6.60. The van der Waals surface area contributed by atoms with Crippen molar-refractivity contribution in [3.8, 4) is 0 Å². The van der Waals surface area contributed by atoms with E-state index in [1.807, 2.05) is 29.8 Å². The molecule has 82 valence electrons. The van der Waals surface area contributed by atoms with Gasteiger partial charge in [-0.05, 0) is 36.1 Å². The molecule has 0 spiro atoms. The van der Waals surface area contributed by atoms with Gasteiger partial charge in [-0.15, -0.1) is 0 Å². The highest BCUT2D eigenvalue weighted by molar-refractivity contribution is 7.08. The fourth-order valence-electron chi connectivity index (χ4n) is 1.32. The van der Waals surface area contributed by atoms with E-state index in [4.69, 9.17) is 5.73 Å². The molecule has 4 heteroatoms. The van der Waals surface area contributed by atoms with E-state index in [2.05, 4.69) is 5.32 Å². The molecule has 0 saturated heterocycles. The molecule has 0 aliphatic heterocycles. The fraction of sp³-hybridized carbons (Fsp3) is 0.0833. The summed E-state index contributed by atoms with van der Waals surface area (Å²) in [6, 6.07) is 7.17. The minimum Gasteiger partial charge on any atom is -0.398 e. The Morgan fingerprint density at radius 1 is 1.38 bits per heavy atom. The molecule has 1 aromatic heterocycles. The van der Waals surface area contributed by atoms with Gasteiger partial charge in [0.2, 0.25) is 0 Å². The highest BCUT2D eigenvalue weighted by Gasteiger charge is 2.07. The quantitative estimate of drug-likeness (QED) is 0.782. The van der Waals surface area contributed by atoms with E-state index in [-0.39, 0.29) is 5.91 Å². The number of thiophene rings is 1. The summed E-state index contributed by atoms with van der Waals surface area (Å²) >= 11 is 1.54. The number of anilines is 2. The Kier molecular flexibility index (Phi) is 2.92. The lowest BCUT2D eigenvalue weighted by Crippen LogP contribution is -2.11. The lowest BCUT2D eigenvalue weighted by molar-refractivity contribution is 0.102. The average molecular weight is 232 g/mol. The van der Waals surface area contributed by atoms with Gasteiger partial charge in [0, 0.05) is 16.6 Å². The monoisotopic (exact) mass is 232 g/mol. The zero-order valence-electron chi connectivity index (χ0n) is 8.86. The SMILES string of the molecule is Cc1ccc(C(=O)Nc2ccsc2)cc1N. The molecule has 0 bridgehead atoms. The number of carbonyl (C=O) groups excluding carboxylic acids is 1. The Labute approximate surface area is 97.9 Å². The number of carbonyl (C=O) groups is 1. The second kappa shape index (κ2) is 4.37. The Bertz CT molecular complexity index is 506. The van der Waals surface area contributed by atoms with Crippen LogP contribution in [0.5, 0.6) is 0 Å². The van der Waals surface area contributed by atoms with Crippen molar-refractivity contribution in [2.75, 3.05) is 11.1 Å². The topological polar surface area (TPSA) is 55.1 Å². The molecule has 0 radical (unpaired) electrons. The first-order valence-electron chi connectivity index (χ1n) is 4.86. The van der Waals surface area contributed by atoms with Crippen LogP contribution in [0.2, 0.25) is 0 Å².